The van der Waals surface area contributed by atoms with Crippen molar-refractivity contribution in [2.24, 2.45) is 12.8 Å². The van der Waals surface area contributed by atoms with E-state index in [1.807, 2.05) is 25.2 Å². The predicted octanol–water partition coefficient (Wildman–Crippen LogP) is 1.22. The number of amides is 1. The zero-order chi connectivity index (χ0) is 20.9. The number of nitrogens with zero attached hydrogens (tertiary/aromatic N) is 7. The van der Waals surface area contributed by atoms with Crippen LogP contribution in [0.2, 0.25) is 0 Å². The number of nitrogen functional groups attached to an aromatic ring is 1. The van der Waals surface area contributed by atoms with Crippen molar-refractivity contribution in [3.8, 4) is 17.3 Å². The number of carbonyl (C=O) groups excluding carboxylic acids is 1. The molecule has 0 spiro atoms. The van der Waals surface area contributed by atoms with Gasteiger partial charge in [0.25, 0.3) is 5.91 Å². The lowest BCUT2D eigenvalue weighted by Crippen LogP contribution is -2.15. The van der Waals surface area contributed by atoms with E-state index in [0.717, 1.165) is 18.7 Å². The fourth-order valence-electron chi connectivity index (χ4n) is 3.66. The predicted molar refractivity (Wildman–Crippen MR) is 109 cm³/mol. The van der Waals surface area contributed by atoms with E-state index >= 15 is 0 Å². The number of aryl methyl sites for hydroxylation is 1. The first kappa shape index (κ1) is 18.0. The average Bonchev–Trinajstić information content (AvgIpc) is 3.22. The molecule has 150 valence electrons. The summed E-state index contributed by atoms with van der Waals surface area (Å²) in [6.07, 6.45) is 6.37. The summed E-state index contributed by atoms with van der Waals surface area (Å²) < 4.78 is 3.16. The van der Waals surface area contributed by atoms with Gasteiger partial charge >= 0.3 is 0 Å². The molecule has 1 aliphatic rings. The Balaban J connectivity index is 1.54. The molecule has 0 aliphatic heterocycles. The molecule has 0 bridgehead atoms. The van der Waals surface area contributed by atoms with Crippen LogP contribution in [0.5, 0.6) is 0 Å². The van der Waals surface area contributed by atoms with Crippen molar-refractivity contribution < 1.29 is 4.79 Å². The summed E-state index contributed by atoms with van der Waals surface area (Å²) in [4.78, 5) is 24.9. The van der Waals surface area contributed by atoms with Crippen molar-refractivity contribution in [2.75, 3.05) is 5.73 Å². The highest BCUT2D eigenvalue weighted by Crippen LogP contribution is 2.52. The van der Waals surface area contributed by atoms with Crippen molar-refractivity contribution in [1.82, 2.24) is 34.5 Å². The summed E-state index contributed by atoms with van der Waals surface area (Å²) >= 11 is 0. The third kappa shape index (κ3) is 2.81. The minimum absolute atomic E-state index is 0.121. The van der Waals surface area contributed by atoms with Crippen LogP contribution in [0.15, 0.2) is 48.9 Å². The van der Waals surface area contributed by atoms with Crippen LogP contribution in [-0.4, -0.2) is 40.4 Å². The van der Waals surface area contributed by atoms with E-state index in [9.17, 15) is 4.79 Å². The van der Waals surface area contributed by atoms with Crippen LogP contribution >= 0.6 is 0 Å². The van der Waals surface area contributed by atoms with Gasteiger partial charge in [0.1, 0.15) is 11.5 Å². The second-order valence-electron chi connectivity index (χ2n) is 7.33. The zero-order valence-corrected chi connectivity index (χ0v) is 16.2. The molecule has 4 N–H and O–H groups in total. The van der Waals surface area contributed by atoms with Crippen LogP contribution in [0.4, 0.5) is 5.82 Å². The van der Waals surface area contributed by atoms with Gasteiger partial charge in [0.05, 0.1) is 23.4 Å². The first-order valence-corrected chi connectivity index (χ1v) is 9.43. The molecule has 0 atom stereocenters. The number of rotatable bonds is 5. The standard InChI is InChI=1S/C20H19N9O/c1-28-19(20(7-8-20)13-5-3-2-4-6-13)26-17(27-28)14-10-23-15(21)18(25-14)29-11-12(9-24-29)16(22)30/h2-6,9-11H,7-8H2,1H3,(H2,21,23)(H2,22,30). The Morgan fingerprint density at radius 3 is 2.57 bits per heavy atom. The summed E-state index contributed by atoms with van der Waals surface area (Å²) in [5.41, 5.74) is 13.1. The highest BCUT2D eigenvalue weighted by Gasteiger charge is 2.49. The molecule has 10 heteroatoms. The van der Waals surface area contributed by atoms with E-state index in [-0.39, 0.29) is 22.6 Å². The Labute approximate surface area is 171 Å². The van der Waals surface area contributed by atoms with Crippen molar-refractivity contribution in [2.45, 2.75) is 18.3 Å². The number of benzene rings is 1. The number of primary amides is 1. The van der Waals surface area contributed by atoms with Crippen LogP contribution in [0.25, 0.3) is 17.3 Å². The summed E-state index contributed by atoms with van der Waals surface area (Å²) in [6, 6.07) is 10.3. The number of hydrogen-bond acceptors (Lipinski definition) is 7. The van der Waals surface area contributed by atoms with E-state index in [2.05, 4.69) is 32.3 Å². The zero-order valence-electron chi connectivity index (χ0n) is 16.2. The lowest BCUT2D eigenvalue weighted by Gasteiger charge is -2.14. The van der Waals surface area contributed by atoms with E-state index < -0.39 is 5.91 Å². The van der Waals surface area contributed by atoms with Gasteiger partial charge in [-0.1, -0.05) is 30.3 Å². The normalized spacial score (nSPS) is 14.6. The highest BCUT2D eigenvalue weighted by atomic mass is 16.1. The quantitative estimate of drug-likeness (QED) is 0.511. The number of hydrogen-bond donors (Lipinski definition) is 2. The number of nitrogens with two attached hydrogens (primary N) is 2. The molecule has 1 saturated carbocycles. The van der Waals surface area contributed by atoms with Crippen LogP contribution in [-0.2, 0) is 12.5 Å². The van der Waals surface area contributed by atoms with Crippen molar-refractivity contribution in [3.63, 3.8) is 0 Å². The fourth-order valence-corrected chi connectivity index (χ4v) is 3.66. The second-order valence-corrected chi connectivity index (χ2v) is 7.33. The Kier molecular flexibility index (Phi) is 3.88. The average molecular weight is 401 g/mol. The SMILES string of the molecule is Cn1nc(-c2cnc(N)c(-n3cc(C(N)=O)cn3)n2)nc1C1(c2ccccc2)CC1. The van der Waals surface area contributed by atoms with Gasteiger partial charge in [-0.15, -0.1) is 5.10 Å². The van der Waals surface area contributed by atoms with Crippen molar-refractivity contribution in [1.29, 1.82) is 0 Å². The largest absolute Gasteiger partial charge is 0.381 e. The number of aromatic nitrogens is 7. The number of carbonyl (C=O) groups is 1. The maximum atomic E-state index is 11.4. The molecular formula is C20H19N9O. The summed E-state index contributed by atoms with van der Waals surface area (Å²) in [5, 5.41) is 8.67. The maximum Gasteiger partial charge on any atom is 0.251 e. The molecule has 3 heterocycles. The first-order chi connectivity index (χ1) is 14.5. The van der Waals surface area contributed by atoms with Gasteiger partial charge in [-0.25, -0.2) is 19.6 Å². The Morgan fingerprint density at radius 1 is 1.13 bits per heavy atom. The lowest BCUT2D eigenvalue weighted by atomic mass is 9.95. The molecule has 0 unspecified atom stereocenters. The summed E-state index contributed by atoms with van der Waals surface area (Å²) in [6.45, 7) is 0. The maximum absolute atomic E-state index is 11.4. The minimum Gasteiger partial charge on any atom is -0.381 e. The third-order valence-corrected chi connectivity index (χ3v) is 5.36. The van der Waals surface area contributed by atoms with Crippen molar-refractivity contribution in [3.05, 3.63) is 65.9 Å². The van der Waals surface area contributed by atoms with Gasteiger partial charge in [-0.3, -0.25) is 9.48 Å². The Bertz CT molecular complexity index is 1250. The first-order valence-electron chi connectivity index (χ1n) is 9.43. The van der Waals surface area contributed by atoms with Gasteiger partial charge in [-0.2, -0.15) is 5.10 Å². The summed E-state index contributed by atoms with van der Waals surface area (Å²) in [7, 11) is 1.88. The molecule has 1 amide bonds. The monoisotopic (exact) mass is 401 g/mol. The molecule has 0 saturated heterocycles. The molecule has 3 aromatic heterocycles. The Morgan fingerprint density at radius 2 is 1.90 bits per heavy atom. The third-order valence-electron chi connectivity index (χ3n) is 5.36. The van der Waals surface area contributed by atoms with E-state index in [0.29, 0.717) is 11.5 Å². The molecule has 0 radical (unpaired) electrons. The van der Waals surface area contributed by atoms with Gasteiger partial charge in [-0.05, 0) is 18.4 Å². The Hall–Kier alpha value is -4.08. The van der Waals surface area contributed by atoms with Gasteiger partial charge < -0.3 is 11.5 Å². The smallest absolute Gasteiger partial charge is 0.251 e. The minimum atomic E-state index is -0.587. The molecule has 30 heavy (non-hydrogen) atoms. The second kappa shape index (κ2) is 6.48. The van der Waals surface area contributed by atoms with Gasteiger partial charge in [0, 0.05) is 13.2 Å². The molecule has 10 nitrogen and oxygen atoms in total. The molecule has 1 fully saturated rings. The van der Waals surface area contributed by atoms with Crippen LogP contribution in [0, 0.1) is 0 Å². The number of anilines is 1. The lowest BCUT2D eigenvalue weighted by molar-refractivity contribution is 0.100. The highest BCUT2D eigenvalue weighted by molar-refractivity contribution is 5.92. The molecule has 1 aliphatic carbocycles. The summed E-state index contributed by atoms with van der Waals surface area (Å²) in [5.74, 6) is 1.19. The van der Waals surface area contributed by atoms with E-state index in [1.54, 1.807) is 4.68 Å². The van der Waals surface area contributed by atoms with Crippen molar-refractivity contribution >= 4 is 11.7 Å². The molecule has 4 aromatic rings. The molecule has 1 aromatic carbocycles. The van der Waals surface area contributed by atoms with Gasteiger partial charge in [0.2, 0.25) is 5.82 Å². The van der Waals surface area contributed by atoms with Crippen LogP contribution < -0.4 is 11.5 Å². The fraction of sp³-hybridized carbons (Fsp3) is 0.200. The van der Waals surface area contributed by atoms with Crippen LogP contribution in [0.1, 0.15) is 34.6 Å². The molecule has 5 rings (SSSR count). The van der Waals surface area contributed by atoms with E-state index in [1.165, 1.54) is 28.8 Å². The molecular weight excluding hydrogens is 382 g/mol. The van der Waals surface area contributed by atoms with E-state index in [4.69, 9.17) is 16.5 Å². The van der Waals surface area contributed by atoms with Crippen LogP contribution in [0.3, 0.4) is 0 Å². The van der Waals surface area contributed by atoms with Gasteiger partial charge in [0.15, 0.2) is 11.6 Å². The topological polar surface area (TPSA) is 143 Å².